The predicted molar refractivity (Wildman–Crippen MR) is 108 cm³/mol. The van der Waals surface area contributed by atoms with Crippen LogP contribution in [-0.4, -0.2) is 34.1 Å². The maximum absolute atomic E-state index is 12.4. The Morgan fingerprint density at radius 2 is 1.88 bits per heavy atom. The number of rotatable bonds is 3. The maximum atomic E-state index is 12.4. The summed E-state index contributed by atoms with van der Waals surface area (Å²) >= 11 is 0. The number of para-hydroxylation sites is 2. The molecule has 1 saturated heterocycles. The van der Waals surface area contributed by atoms with E-state index in [0.29, 0.717) is 11.5 Å². The number of aromatic amines is 1. The summed E-state index contributed by atoms with van der Waals surface area (Å²) in [6, 6.07) is 8.43. The Labute approximate surface area is 156 Å². The Hall–Kier alpha value is -1.55. The summed E-state index contributed by atoms with van der Waals surface area (Å²) in [6.07, 6.45) is 11.0. The molecule has 3 aliphatic rings. The van der Waals surface area contributed by atoms with Crippen LogP contribution in [-0.2, 0) is 0 Å². The van der Waals surface area contributed by atoms with Crippen molar-refractivity contribution in [3.63, 3.8) is 0 Å². The molecule has 2 bridgehead atoms. The highest BCUT2D eigenvalue weighted by atomic mass is 16.1. The number of fused-ring (bicyclic) bond motifs is 3. The van der Waals surface area contributed by atoms with Crippen LogP contribution in [0.3, 0.4) is 0 Å². The van der Waals surface area contributed by atoms with Crippen LogP contribution < -0.4 is 5.69 Å². The lowest BCUT2D eigenvalue weighted by Gasteiger charge is -2.41. The summed E-state index contributed by atoms with van der Waals surface area (Å²) in [4.78, 5) is 18.1. The van der Waals surface area contributed by atoms with E-state index >= 15 is 0 Å². The molecule has 3 fully saturated rings. The van der Waals surface area contributed by atoms with Crippen molar-refractivity contribution in [3.8, 4) is 0 Å². The lowest BCUT2D eigenvalue weighted by atomic mass is 9.75. The topological polar surface area (TPSA) is 41.0 Å². The number of aromatic nitrogens is 2. The largest absolute Gasteiger partial charge is 0.326 e. The van der Waals surface area contributed by atoms with Crippen LogP contribution in [0.2, 0.25) is 0 Å². The lowest BCUT2D eigenvalue weighted by Crippen LogP contribution is -2.43. The van der Waals surface area contributed by atoms with Gasteiger partial charge in [-0.15, -0.1) is 0 Å². The van der Waals surface area contributed by atoms with Crippen molar-refractivity contribution < 1.29 is 0 Å². The standard InChI is InChI=1S/C21H29N3O.CH4/c25-20-22-18-5-1-2-6-19(18)24(20)17-8-12-23(13-9-17)15-21-10-3-4-16(14-21)7-11-21;/h1-2,5-6,16-17H,3-4,7-15H2,(H,22,25);1H4. The summed E-state index contributed by atoms with van der Waals surface area (Å²) in [5.74, 6) is 1.02. The Bertz CT molecular complexity index is 810. The lowest BCUT2D eigenvalue weighted by molar-refractivity contribution is 0.0914. The van der Waals surface area contributed by atoms with E-state index in [4.69, 9.17) is 0 Å². The van der Waals surface area contributed by atoms with Gasteiger partial charge in [0.15, 0.2) is 0 Å². The molecule has 0 radical (unpaired) electrons. The molecule has 1 aromatic heterocycles. The molecule has 2 heterocycles. The number of nitrogens with one attached hydrogen (secondary N) is 1. The van der Waals surface area contributed by atoms with Gasteiger partial charge in [-0.3, -0.25) is 4.57 Å². The van der Waals surface area contributed by atoms with Crippen LogP contribution in [0, 0.1) is 11.3 Å². The average molecular weight is 356 g/mol. The van der Waals surface area contributed by atoms with Gasteiger partial charge in [-0.25, -0.2) is 4.79 Å². The molecule has 2 aliphatic carbocycles. The summed E-state index contributed by atoms with van der Waals surface area (Å²) in [7, 11) is 0. The first kappa shape index (κ1) is 17.8. The highest BCUT2D eigenvalue weighted by molar-refractivity contribution is 5.75. The Morgan fingerprint density at radius 1 is 1.08 bits per heavy atom. The number of benzene rings is 1. The van der Waals surface area contributed by atoms with E-state index in [1.54, 1.807) is 0 Å². The summed E-state index contributed by atoms with van der Waals surface area (Å²) in [5.41, 5.74) is 2.72. The molecule has 1 aromatic carbocycles. The average Bonchev–Trinajstić information content (AvgIpc) is 3.11. The zero-order valence-electron chi connectivity index (χ0n) is 15.0. The summed E-state index contributed by atoms with van der Waals surface area (Å²) < 4.78 is 2.01. The van der Waals surface area contributed by atoms with Gasteiger partial charge in [0.25, 0.3) is 0 Å². The minimum Gasteiger partial charge on any atom is -0.306 e. The Kier molecular flexibility index (Phi) is 4.72. The van der Waals surface area contributed by atoms with Crippen molar-refractivity contribution in [2.24, 2.45) is 11.3 Å². The van der Waals surface area contributed by atoms with E-state index in [9.17, 15) is 4.79 Å². The van der Waals surface area contributed by atoms with Gasteiger partial charge in [-0.1, -0.05) is 32.4 Å². The third-order valence-electron chi connectivity index (χ3n) is 7.23. The zero-order chi connectivity index (χ0) is 16.9. The van der Waals surface area contributed by atoms with Crippen molar-refractivity contribution >= 4 is 11.0 Å². The molecular weight excluding hydrogens is 322 g/mol. The molecule has 2 aromatic rings. The van der Waals surface area contributed by atoms with Crippen molar-refractivity contribution in [1.29, 1.82) is 0 Å². The van der Waals surface area contributed by atoms with E-state index in [-0.39, 0.29) is 13.1 Å². The van der Waals surface area contributed by atoms with E-state index in [0.717, 1.165) is 42.9 Å². The van der Waals surface area contributed by atoms with E-state index < -0.39 is 0 Å². The van der Waals surface area contributed by atoms with Crippen LogP contribution in [0.25, 0.3) is 11.0 Å². The quantitative estimate of drug-likeness (QED) is 0.876. The molecule has 5 rings (SSSR count). The van der Waals surface area contributed by atoms with Crippen LogP contribution in [0.15, 0.2) is 29.1 Å². The van der Waals surface area contributed by atoms with E-state index in [2.05, 4.69) is 16.0 Å². The van der Waals surface area contributed by atoms with E-state index in [1.165, 1.54) is 45.1 Å². The fraction of sp³-hybridized carbons (Fsp3) is 0.682. The molecule has 0 spiro atoms. The molecule has 1 aliphatic heterocycles. The molecule has 4 nitrogen and oxygen atoms in total. The molecule has 2 unspecified atom stereocenters. The summed E-state index contributed by atoms with van der Waals surface area (Å²) in [5, 5.41) is 0. The molecular formula is C22H33N3O. The third-order valence-corrected chi connectivity index (χ3v) is 7.23. The van der Waals surface area contributed by atoms with Crippen LogP contribution >= 0.6 is 0 Å². The third kappa shape index (κ3) is 3.02. The number of nitrogens with zero attached hydrogens (tertiary/aromatic N) is 2. The second-order valence-electron chi connectivity index (χ2n) is 8.83. The first-order valence-corrected chi connectivity index (χ1v) is 10.1. The predicted octanol–water partition coefficient (Wildman–Crippen LogP) is 4.57. The van der Waals surface area contributed by atoms with Crippen molar-refractivity contribution in [1.82, 2.24) is 14.5 Å². The van der Waals surface area contributed by atoms with Crippen molar-refractivity contribution in [3.05, 3.63) is 34.7 Å². The zero-order valence-corrected chi connectivity index (χ0v) is 15.0. The monoisotopic (exact) mass is 355 g/mol. The smallest absolute Gasteiger partial charge is 0.306 e. The number of hydrogen-bond acceptors (Lipinski definition) is 2. The second kappa shape index (κ2) is 6.88. The molecule has 2 saturated carbocycles. The summed E-state index contributed by atoms with van der Waals surface area (Å²) in [6.45, 7) is 3.59. The first-order valence-electron chi connectivity index (χ1n) is 10.1. The minimum atomic E-state index is 0. The maximum Gasteiger partial charge on any atom is 0.326 e. The van der Waals surface area contributed by atoms with Crippen LogP contribution in [0.5, 0.6) is 0 Å². The van der Waals surface area contributed by atoms with Gasteiger partial charge in [-0.05, 0) is 62.0 Å². The molecule has 142 valence electrons. The van der Waals surface area contributed by atoms with Gasteiger partial charge in [0.05, 0.1) is 11.0 Å². The highest BCUT2D eigenvalue weighted by Gasteiger charge is 2.43. The number of imidazole rings is 1. The first-order chi connectivity index (χ1) is 12.2. The molecule has 4 heteroatoms. The molecule has 1 N–H and O–H groups in total. The molecule has 26 heavy (non-hydrogen) atoms. The SMILES string of the molecule is C.O=c1[nH]c2ccccc2n1C1CCN(CC23CCCC(CC2)C3)CC1. The second-order valence-corrected chi connectivity index (χ2v) is 8.83. The van der Waals surface area contributed by atoms with Gasteiger partial charge >= 0.3 is 5.69 Å². The van der Waals surface area contributed by atoms with Gasteiger partial charge < -0.3 is 9.88 Å². The Balaban J connectivity index is 0.00000168. The Morgan fingerprint density at radius 3 is 2.73 bits per heavy atom. The molecule has 2 atom stereocenters. The van der Waals surface area contributed by atoms with Gasteiger partial charge in [-0.2, -0.15) is 0 Å². The fourth-order valence-electron chi connectivity index (χ4n) is 6.04. The normalized spacial score (nSPS) is 29.8. The van der Waals surface area contributed by atoms with Gasteiger partial charge in [0, 0.05) is 25.7 Å². The van der Waals surface area contributed by atoms with Crippen molar-refractivity contribution in [2.75, 3.05) is 19.6 Å². The number of H-pyrrole nitrogens is 1. The van der Waals surface area contributed by atoms with Crippen LogP contribution in [0.4, 0.5) is 0 Å². The molecule has 0 amide bonds. The van der Waals surface area contributed by atoms with Crippen molar-refractivity contribution in [2.45, 2.75) is 64.8 Å². The minimum absolute atomic E-state index is 0. The van der Waals surface area contributed by atoms with E-state index in [1.807, 2.05) is 22.8 Å². The fourth-order valence-corrected chi connectivity index (χ4v) is 6.04. The number of piperidine rings is 1. The van der Waals surface area contributed by atoms with Gasteiger partial charge in [0.1, 0.15) is 0 Å². The highest BCUT2D eigenvalue weighted by Crippen LogP contribution is 2.51. The van der Waals surface area contributed by atoms with Crippen LogP contribution in [0.1, 0.15) is 64.8 Å². The number of hydrogen-bond donors (Lipinski definition) is 1. The number of likely N-dealkylation sites (tertiary alicyclic amines) is 1. The van der Waals surface area contributed by atoms with Gasteiger partial charge in [0.2, 0.25) is 0 Å².